The molecule has 0 spiro atoms. The Bertz CT molecular complexity index is 2420. The summed E-state index contributed by atoms with van der Waals surface area (Å²) < 4.78 is 21.7. The van der Waals surface area contributed by atoms with Gasteiger partial charge in [0.1, 0.15) is 17.2 Å². The van der Waals surface area contributed by atoms with Crippen molar-refractivity contribution >= 4 is 43.0 Å². The molecule has 0 bridgehead atoms. The zero-order chi connectivity index (χ0) is 52.3. The first-order valence-corrected chi connectivity index (χ1v) is 24.6. The molecule has 0 saturated carbocycles. The Labute approximate surface area is 428 Å². The molecule has 0 heterocycles. The molecule has 0 aliphatic carbocycles. The first-order chi connectivity index (χ1) is 34.6. The van der Waals surface area contributed by atoms with Crippen LogP contribution in [0.15, 0.2) is 197 Å². The number of unbranched alkanes of at least 4 members (excludes halogenated alkanes) is 7. The maximum atomic E-state index is 9.69. The molecular weight excluding hydrogens is 898 g/mol. The number of benzene rings is 6. The minimum absolute atomic E-state index is 0.0185. The Morgan fingerprint density at radius 1 is 0.606 bits per heavy atom. The van der Waals surface area contributed by atoms with Gasteiger partial charge < -0.3 is 29.5 Å². The third-order valence-electron chi connectivity index (χ3n) is 10.3. The van der Waals surface area contributed by atoms with Crippen molar-refractivity contribution in [3.63, 3.8) is 0 Å². The van der Waals surface area contributed by atoms with Crippen LogP contribution >= 0.6 is 8.86 Å². The predicted molar refractivity (Wildman–Crippen MR) is 309 cm³/mol. The van der Waals surface area contributed by atoms with E-state index in [4.69, 9.17) is 29.5 Å². The summed E-state index contributed by atoms with van der Waals surface area (Å²) in [6.07, 6.45) is 19.4. The molecule has 7 nitrogen and oxygen atoms in total. The molecule has 2 N–H and O–H groups in total. The summed E-state index contributed by atoms with van der Waals surface area (Å²) in [5.41, 5.74) is 6.48. The average Bonchev–Trinajstić information content (AvgIpc) is 3.42. The number of rotatable bonds is 23. The van der Waals surface area contributed by atoms with E-state index in [9.17, 15) is 4.79 Å². The molecule has 0 aliphatic heterocycles. The van der Waals surface area contributed by atoms with Gasteiger partial charge in [-0.1, -0.05) is 187 Å². The van der Waals surface area contributed by atoms with E-state index in [2.05, 4.69) is 128 Å². The number of carbonyl (C=O) groups excluding carboxylic acids is 1. The molecule has 8 heteroatoms. The number of allylic oxidation sites excluding steroid dienone is 3. The molecule has 0 aromatic heterocycles. The van der Waals surface area contributed by atoms with Gasteiger partial charge in [-0.05, 0) is 120 Å². The van der Waals surface area contributed by atoms with E-state index >= 15 is 0 Å². The van der Waals surface area contributed by atoms with Gasteiger partial charge >= 0.3 is 0 Å². The number of aliphatic hydroxyl groups is 1. The lowest BCUT2D eigenvalue weighted by Gasteiger charge is -2.09. The number of hydrogen-bond acceptors (Lipinski definition) is 7. The van der Waals surface area contributed by atoms with E-state index in [-0.39, 0.29) is 5.78 Å². The van der Waals surface area contributed by atoms with Gasteiger partial charge in [0.2, 0.25) is 0 Å². The lowest BCUT2D eigenvalue weighted by molar-refractivity contribution is -0.112. The van der Waals surface area contributed by atoms with Crippen molar-refractivity contribution < 1.29 is 28.8 Å². The smallest absolute Gasteiger partial charge is 0.152 e. The fraction of sp³-hybridized carbons (Fsp3) is 0.254. The molecule has 0 radical (unpaired) electrons. The van der Waals surface area contributed by atoms with E-state index in [1.807, 2.05) is 66.7 Å². The van der Waals surface area contributed by atoms with Crippen molar-refractivity contribution in [1.29, 1.82) is 5.41 Å². The molecule has 0 saturated heterocycles. The van der Waals surface area contributed by atoms with Crippen LogP contribution < -0.4 is 14.2 Å². The van der Waals surface area contributed by atoms with Gasteiger partial charge in [-0.2, -0.15) is 0 Å². The number of nitrogens with one attached hydrogen (secondary N) is 1. The Balaban J connectivity index is 0.000000482. The number of ether oxygens (including phenoxy) is 4. The summed E-state index contributed by atoms with van der Waals surface area (Å²) >= 11 is 0. The minimum atomic E-state index is 0.0185. The number of fused-ring (bicyclic) bond motifs is 1. The Kier molecular flexibility index (Phi) is 35.6. The standard InChI is InChI=1S/C21H27NO2.C17H13P.C15H22O2.C4H6O.C4H6.C2H4O/c1-3-4-5-6-7-14-24-20-11-8-17(9-12-20)18-10-13-21(23-2)19(15-18)16-22;18-17(14-7-2-1-3-8-14)16-11-10-13-6-4-5-9-15(13)12-16;1-3-14-8-10-15(11-9-14)17-13-7-5-4-6-12-16-2;1-3-4(2)5;1-3-4-2;1-2-3/h8-13,15-16,22H,3-7,14H2,1-2H3;1-12,18H;3,8-11H,1,4-7,12-13H2,2H3;3H,1H2,2H3;3-4H,1-2H2;2-3H,1H2. The van der Waals surface area contributed by atoms with E-state index in [0.29, 0.717) is 0 Å². The largest absolute Gasteiger partial charge is 0.516 e. The third-order valence-corrected chi connectivity index (χ3v) is 10.8. The Hall–Kier alpha value is -7.05. The first kappa shape index (κ1) is 62.0. The summed E-state index contributed by atoms with van der Waals surface area (Å²) in [7, 11) is 7.12. The quantitative estimate of drug-likeness (QED) is 0.0166. The molecule has 71 heavy (non-hydrogen) atoms. The van der Waals surface area contributed by atoms with Crippen LogP contribution in [0.5, 0.6) is 17.2 Å². The molecule has 6 aromatic carbocycles. The van der Waals surface area contributed by atoms with Crippen LogP contribution in [-0.2, 0) is 9.53 Å². The van der Waals surface area contributed by atoms with Gasteiger partial charge in [0, 0.05) is 30.8 Å². The van der Waals surface area contributed by atoms with Crippen LogP contribution in [0.3, 0.4) is 0 Å². The van der Waals surface area contributed by atoms with Crippen LogP contribution in [-0.4, -0.2) is 56.4 Å². The van der Waals surface area contributed by atoms with Crippen molar-refractivity contribution in [2.24, 2.45) is 0 Å². The number of aliphatic hydroxyl groups excluding tert-OH is 1. The molecular formula is C63H78NO6P. The summed E-state index contributed by atoms with van der Waals surface area (Å²) in [5.74, 6) is 2.59. The van der Waals surface area contributed by atoms with Gasteiger partial charge in [0.15, 0.2) is 5.78 Å². The lowest BCUT2D eigenvalue weighted by atomic mass is 10.0. The van der Waals surface area contributed by atoms with Crippen LogP contribution in [0.4, 0.5) is 0 Å². The van der Waals surface area contributed by atoms with E-state index < -0.39 is 0 Å². The number of hydrogen-bond donors (Lipinski definition) is 2. The highest BCUT2D eigenvalue weighted by molar-refractivity contribution is 7.23. The second-order valence-corrected chi connectivity index (χ2v) is 16.2. The van der Waals surface area contributed by atoms with Crippen LogP contribution in [0, 0.1) is 5.41 Å². The predicted octanol–water partition coefficient (Wildman–Crippen LogP) is 17.0. The topological polar surface area (TPSA) is 98.1 Å². The van der Waals surface area contributed by atoms with Gasteiger partial charge in [-0.25, -0.2) is 0 Å². The Morgan fingerprint density at radius 3 is 1.61 bits per heavy atom. The molecule has 6 aromatic rings. The van der Waals surface area contributed by atoms with Crippen molar-refractivity contribution in [2.45, 2.75) is 71.6 Å². The fourth-order valence-electron chi connectivity index (χ4n) is 6.37. The lowest BCUT2D eigenvalue weighted by Crippen LogP contribution is -1.98. The average molecular weight is 976 g/mol. The van der Waals surface area contributed by atoms with Crippen LogP contribution in [0.25, 0.3) is 28.0 Å². The summed E-state index contributed by atoms with van der Waals surface area (Å²) in [6.45, 7) is 22.7. The van der Waals surface area contributed by atoms with Crippen molar-refractivity contribution in [1.82, 2.24) is 0 Å². The number of methoxy groups -OCH3 is 2. The maximum absolute atomic E-state index is 9.69. The minimum Gasteiger partial charge on any atom is -0.516 e. The number of ketones is 1. The highest BCUT2D eigenvalue weighted by atomic mass is 31.0. The van der Waals surface area contributed by atoms with E-state index in [1.165, 1.54) is 79.6 Å². The zero-order valence-corrected chi connectivity index (χ0v) is 43.8. The normalized spacial score (nSPS) is 9.52. The monoisotopic (exact) mass is 976 g/mol. The second kappa shape index (κ2) is 40.8. The van der Waals surface area contributed by atoms with Crippen LogP contribution in [0.2, 0.25) is 0 Å². The van der Waals surface area contributed by atoms with Gasteiger partial charge in [0.25, 0.3) is 0 Å². The van der Waals surface area contributed by atoms with Crippen molar-refractivity contribution in [2.75, 3.05) is 34.0 Å². The first-order valence-electron chi connectivity index (χ1n) is 24.1. The molecule has 0 unspecified atom stereocenters. The van der Waals surface area contributed by atoms with Gasteiger partial charge in [0.05, 0.1) is 26.6 Å². The van der Waals surface area contributed by atoms with E-state index in [1.54, 1.807) is 26.4 Å². The highest BCUT2D eigenvalue weighted by Crippen LogP contribution is 2.27. The second-order valence-electron chi connectivity index (χ2n) is 15.7. The third kappa shape index (κ3) is 27.7. The van der Waals surface area contributed by atoms with Crippen molar-refractivity contribution in [3.8, 4) is 28.4 Å². The summed E-state index contributed by atoms with van der Waals surface area (Å²) in [6, 6.07) is 47.3. The molecule has 376 valence electrons. The summed E-state index contributed by atoms with van der Waals surface area (Å²) in [4.78, 5) is 9.69. The molecule has 0 atom stereocenters. The van der Waals surface area contributed by atoms with Gasteiger partial charge in [-0.15, -0.1) is 8.86 Å². The summed E-state index contributed by atoms with van der Waals surface area (Å²) in [5, 5.41) is 18.5. The molecule has 0 aliphatic rings. The van der Waals surface area contributed by atoms with E-state index in [0.717, 1.165) is 90.1 Å². The van der Waals surface area contributed by atoms with Crippen LogP contribution in [0.1, 0.15) is 93.9 Å². The maximum Gasteiger partial charge on any atom is 0.152 e. The SMILES string of the molecule is C=CC(C)=O.C=CC=C.C=CO.C=Cc1ccc(OCCCCCCOC)cc1.CCCCCCCOc1ccc(-c2ccc(OC)c(C=N)c2)cc1.P=C(c1ccccc1)c1ccc2ccccc2c1. The molecule has 6 rings (SSSR count). The van der Waals surface area contributed by atoms with Gasteiger partial charge in [-0.3, -0.25) is 4.79 Å². The Morgan fingerprint density at radius 2 is 1.11 bits per heavy atom. The zero-order valence-electron chi connectivity index (χ0n) is 42.8. The van der Waals surface area contributed by atoms with Crippen molar-refractivity contribution in [3.05, 3.63) is 219 Å². The fourth-order valence-corrected chi connectivity index (χ4v) is 6.70. The molecule has 0 amide bonds. The number of carbonyl (C=O) groups is 1. The highest BCUT2D eigenvalue weighted by Gasteiger charge is 2.06. The molecule has 0 fully saturated rings.